The summed E-state index contributed by atoms with van der Waals surface area (Å²) in [5.41, 5.74) is 7.00. The Kier molecular flexibility index (Phi) is 3.22. The molecule has 0 amide bonds. The lowest BCUT2D eigenvalue weighted by Gasteiger charge is -2.02. The van der Waals surface area contributed by atoms with Crippen molar-refractivity contribution in [2.24, 2.45) is 5.73 Å². The summed E-state index contributed by atoms with van der Waals surface area (Å²) in [5, 5.41) is 0. The minimum atomic E-state index is -0.287. The molecular weight excluding hydrogens is 205 g/mol. The van der Waals surface area contributed by atoms with Gasteiger partial charge in [0.25, 0.3) is 0 Å². The Balaban J connectivity index is 2.36. The van der Waals surface area contributed by atoms with Crippen LogP contribution in [-0.2, 0) is 6.42 Å². The van der Waals surface area contributed by atoms with Crippen LogP contribution in [0.3, 0.4) is 0 Å². The van der Waals surface area contributed by atoms with Crippen LogP contribution in [0, 0.1) is 5.82 Å². The molecule has 0 fully saturated rings. The number of nitrogens with two attached hydrogens (primary N) is 1. The van der Waals surface area contributed by atoms with Crippen molar-refractivity contribution in [1.29, 1.82) is 0 Å². The average Bonchev–Trinajstić information content (AvgIpc) is 2.30. The predicted molar refractivity (Wildman–Crippen MR) is 60.2 cm³/mol. The van der Waals surface area contributed by atoms with Crippen LogP contribution < -0.4 is 5.73 Å². The number of rotatable bonds is 3. The van der Waals surface area contributed by atoms with E-state index in [0.29, 0.717) is 24.4 Å². The van der Waals surface area contributed by atoms with Crippen LogP contribution in [-0.4, -0.2) is 16.5 Å². The normalized spacial score (nSPS) is 10.4. The zero-order valence-corrected chi connectivity index (χ0v) is 8.73. The van der Waals surface area contributed by atoms with Gasteiger partial charge in [-0.1, -0.05) is 12.1 Å². The molecule has 0 aliphatic carbocycles. The average molecular weight is 217 g/mol. The molecule has 0 saturated carbocycles. The van der Waals surface area contributed by atoms with E-state index in [-0.39, 0.29) is 5.82 Å². The fraction of sp³-hybridized carbons (Fsp3) is 0.167. The van der Waals surface area contributed by atoms with Crippen molar-refractivity contribution in [3.05, 3.63) is 48.0 Å². The first-order chi connectivity index (χ1) is 7.79. The summed E-state index contributed by atoms with van der Waals surface area (Å²) in [5.74, 6) is 0.246. The monoisotopic (exact) mass is 217 g/mol. The molecule has 1 aromatic carbocycles. The molecule has 2 N–H and O–H groups in total. The molecule has 0 atom stereocenters. The third-order valence-corrected chi connectivity index (χ3v) is 2.20. The second-order valence-electron chi connectivity index (χ2n) is 3.42. The summed E-state index contributed by atoms with van der Waals surface area (Å²) in [4.78, 5) is 8.43. The van der Waals surface area contributed by atoms with E-state index in [1.165, 1.54) is 12.1 Å². The van der Waals surface area contributed by atoms with Crippen LogP contribution in [0.15, 0.2) is 36.5 Å². The zero-order chi connectivity index (χ0) is 11.4. The highest BCUT2D eigenvalue weighted by molar-refractivity contribution is 5.54. The van der Waals surface area contributed by atoms with Crippen LogP contribution in [0.25, 0.3) is 11.4 Å². The Morgan fingerprint density at radius 1 is 1.25 bits per heavy atom. The van der Waals surface area contributed by atoms with Gasteiger partial charge in [-0.25, -0.2) is 14.4 Å². The molecule has 0 aliphatic rings. The number of hydrogen-bond donors (Lipinski definition) is 1. The Morgan fingerprint density at radius 3 is 2.88 bits per heavy atom. The lowest BCUT2D eigenvalue weighted by Crippen LogP contribution is -2.05. The summed E-state index contributed by atoms with van der Waals surface area (Å²) >= 11 is 0. The van der Waals surface area contributed by atoms with Crippen LogP contribution in [0.2, 0.25) is 0 Å². The maximum Gasteiger partial charge on any atom is 0.159 e. The molecule has 1 heterocycles. The van der Waals surface area contributed by atoms with Gasteiger partial charge in [-0.2, -0.15) is 0 Å². The number of halogens is 1. The van der Waals surface area contributed by atoms with E-state index in [0.717, 1.165) is 5.69 Å². The maximum absolute atomic E-state index is 13.0. The van der Waals surface area contributed by atoms with Crippen molar-refractivity contribution < 1.29 is 4.39 Å². The van der Waals surface area contributed by atoms with E-state index in [1.54, 1.807) is 18.3 Å². The second kappa shape index (κ2) is 4.81. The van der Waals surface area contributed by atoms with Crippen LogP contribution in [0.4, 0.5) is 4.39 Å². The minimum absolute atomic E-state index is 0.287. The fourth-order valence-corrected chi connectivity index (χ4v) is 1.45. The largest absolute Gasteiger partial charge is 0.330 e. The third kappa shape index (κ3) is 2.41. The fourth-order valence-electron chi connectivity index (χ4n) is 1.45. The van der Waals surface area contributed by atoms with Crippen molar-refractivity contribution in [1.82, 2.24) is 9.97 Å². The molecule has 0 bridgehead atoms. The van der Waals surface area contributed by atoms with Gasteiger partial charge in [0.15, 0.2) is 5.82 Å². The summed E-state index contributed by atoms with van der Waals surface area (Å²) in [7, 11) is 0. The molecule has 0 unspecified atom stereocenters. The van der Waals surface area contributed by atoms with Crippen LogP contribution in [0.5, 0.6) is 0 Å². The molecule has 1 aromatic heterocycles. The number of benzene rings is 1. The van der Waals surface area contributed by atoms with E-state index < -0.39 is 0 Å². The summed E-state index contributed by atoms with van der Waals surface area (Å²) in [6, 6.07) is 8.05. The molecular formula is C12H12FN3. The standard InChI is InChI=1S/C12H12FN3/c13-10-3-1-2-9(8-10)12-15-7-5-11(16-12)4-6-14/h1-3,5,7-8H,4,6,14H2. The van der Waals surface area contributed by atoms with Gasteiger partial charge in [0, 0.05) is 23.9 Å². The lowest BCUT2D eigenvalue weighted by atomic mass is 10.2. The maximum atomic E-state index is 13.0. The highest BCUT2D eigenvalue weighted by atomic mass is 19.1. The molecule has 82 valence electrons. The Labute approximate surface area is 93.2 Å². The minimum Gasteiger partial charge on any atom is -0.330 e. The lowest BCUT2D eigenvalue weighted by molar-refractivity contribution is 0.628. The molecule has 16 heavy (non-hydrogen) atoms. The van der Waals surface area contributed by atoms with Crippen molar-refractivity contribution in [3.63, 3.8) is 0 Å². The Morgan fingerprint density at radius 2 is 2.12 bits per heavy atom. The second-order valence-corrected chi connectivity index (χ2v) is 3.42. The first-order valence-corrected chi connectivity index (χ1v) is 5.07. The quantitative estimate of drug-likeness (QED) is 0.852. The zero-order valence-electron chi connectivity index (χ0n) is 8.73. The smallest absolute Gasteiger partial charge is 0.159 e. The molecule has 0 aliphatic heterocycles. The van der Waals surface area contributed by atoms with Crippen molar-refractivity contribution in [3.8, 4) is 11.4 Å². The predicted octanol–water partition coefficient (Wildman–Crippen LogP) is 1.78. The number of hydrogen-bond acceptors (Lipinski definition) is 3. The topological polar surface area (TPSA) is 51.8 Å². The van der Waals surface area contributed by atoms with E-state index in [9.17, 15) is 4.39 Å². The van der Waals surface area contributed by atoms with E-state index in [4.69, 9.17) is 5.73 Å². The van der Waals surface area contributed by atoms with E-state index in [1.807, 2.05) is 6.07 Å². The highest BCUT2D eigenvalue weighted by Crippen LogP contribution is 2.15. The van der Waals surface area contributed by atoms with Crippen LogP contribution in [0.1, 0.15) is 5.69 Å². The van der Waals surface area contributed by atoms with E-state index >= 15 is 0 Å². The molecule has 2 rings (SSSR count). The summed E-state index contributed by atoms with van der Waals surface area (Å²) < 4.78 is 13.0. The first kappa shape index (κ1) is 10.7. The van der Waals surface area contributed by atoms with Gasteiger partial charge in [0.05, 0.1) is 0 Å². The highest BCUT2D eigenvalue weighted by Gasteiger charge is 2.03. The summed E-state index contributed by atoms with van der Waals surface area (Å²) in [6.45, 7) is 0.541. The number of aromatic nitrogens is 2. The SMILES string of the molecule is NCCc1ccnc(-c2cccc(F)c2)n1. The van der Waals surface area contributed by atoms with Gasteiger partial charge in [-0.05, 0) is 24.7 Å². The molecule has 0 spiro atoms. The van der Waals surface area contributed by atoms with Gasteiger partial charge < -0.3 is 5.73 Å². The Hall–Kier alpha value is -1.81. The molecule has 0 saturated heterocycles. The van der Waals surface area contributed by atoms with Crippen molar-refractivity contribution in [2.45, 2.75) is 6.42 Å². The molecule has 2 aromatic rings. The van der Waals surface area contributed by atoms with Gasteiger partial charge in [0.2, 0.25) is 0 Å². The number of nitrogens with zero attached hydrogens (tertiary/aromatic N) is 2. The van der Waals surface area contributed by atoms with E-state index in [2.05, 4.69) is 9.97 Å². The van der Waals surface area contributed by atoms with Crippen molar-refractivity contribution in [2.75, 3.05) is 6.54 Å². The third-order valence-electron chi connectivity index (χ3n) is 2.20. The molecule has 4 heteroatoms. The van der Waals surface area contributed by atoms with Gasteiger partial charge in [-0.3, -0.25) is 0 Å². The van der Waals surface area contributed by atoms with Gasteiger partial charge in [0.1, 0.15) is 5.82 Å². The first-order valence-electron chi connectivity index (χ1n) is 5.07. The van der Waals surface area contributed by atoms with Crippen LogP contribution >= 0.6 is 0 Å². The molecule has 0 radical (unpaired) electrons. The van der Waals surface area contributed by atoms with Gasteiger partial charge in [-0.15, -0.1) is 0 Å². The van der Waals surface area contributed by atoms with Gasteiger partial charge >= 0.3 is 0 Å². The summed E-state index contributed by atoms with van der Waals surface area (Å²) in [6.07, 6.45) is 2.36. The Bertz CT molecular complexity index is 485. The van der Waals surface area contributed by atoms with Crippen molar-refractivity contribution >= 4 is 0 Å². The molecule has 3 nitrogen and oxygen atoms in total.